The second-order valence-electron chi connectivity index (χ2n) is 4.42. The zero-order valence-corrected chi connectivity index (χ0v) is 11.0. The summed E-state index contributed by atoms with van der Waals surface area (Å²) in [5.41, 5.74) is 1.24. The van der Waals surface area contributed by atoms with Crippen molar-refractivity contribution >= 4 is 21.2 Å². The van der Waals surface area contributed by atoms with Crippen molar-refractivity contribution in [3.63, 3.8) is 0 Å². The zero-order chi connectivity index (χ0) is 11.6. The van der Waals surface area contributed by atoms with E-state index >= 15 is 0 Å². The van der Waals surface area contributed by atoms with Crippen LogP contribution in [0.3, 0.4) is 0 Å². The van der Waals surface area contributed by atoms with Crippen molar-refractivity contribution in [3.05, 3.63) is 22.4 Å². The highest BCUT2D eigenvalue weighted by Crippen LogP contribution is 2.25. The maximum atomic E-state index is 11.6. The molecule has 1 N–H and O–H groups in total. The molecule has 5 heteroatoms. The summed E-state index contributed by atoms with van der Waals surface area (Å²) < 4.78 is 23.1. The Kier molecular flexibility index (Phi) is 3.66. The first-order valence-electron chi connectivity index (χ1n) is 5.50. The molecular weight excluding hydrogens is 242 g/mol. The van der Waals surface area contributed by atoms with Crippen molar-refractivity contribution in [2.24, 2.45) is 0 Å². The summed E-state index contributed by atoms with van der Waals surface area (Å²) in [6, 6.07) is 2.21. The summed E-state index contributed by atoms with van der Waals surface area (Å²) in [5, 5.41) is 7.32. The van der Waals surface area contributed by atoms with E-state index in [1.54, 1.807) is 11.3 Å². The molecule has 0 saturated heterocycles. The first-order chi connectivity index (χ1) is 7.57. The molecule has 2 unspecified atom stereocenters. The summed E-state index contributed by atoms with van der Waals surface area (Å²) in [7, 11) is -2.90. The Balaban J connectivity index is 1.94. The molecule has 90 valence electrons. The van der Waals surface area contributed by atoms with Crippen LogP contribution >= 0.6 is 11.3 Å². The number of hydrogen-bond acceptors (Lipinski definition) is 4. The standard InChI is InChI=1S/C11H17NO2S2/c1-16(13,14)11-4-2-3-10(11)12-7-9-5-6-15-8-9/h5-6,8,10-12H,2-4,7H2,1H3. The van der Waals surface area contributed by atoms with E-state index in [9.17, 15) is 8.42 Å². The molecule has 0 aromatic carbocycles. The van der Waals surface area contributed by atoms with E-state index in [2.05, 4.69) is 16.8 Å². The van der Waals surface area contributed by atoms with Gasteiger partial charge in [0.1, 0.15) is 0 Å². The van der Waals surface area contributed by atoms with Crippen LogP contribution in [0.2, 0.25) is 0 Å². The van der Waals surface area contributed by atoms with Gasteiger partial charge in [-0.3, -0.25) is 0 Å². The van der Waals surface area contributed by atoms with E-state index in [0.717, 1.165) is 25.8 Å². The first-order valence-corrected chi connectivity index (χ1v) is 8.40. The van der Waals surface area contributed by atoms with Crippen LogP contribution < -0.4 is 5.32 Å². The molecule has 0 radical (unpaired) electrons. The Morgan fingerprint density at radius 3 is 2.94 bits per heavy atom. The SMILES string of the molecule is CS(=O)(=O)C1CCCC1NCc1ccsc1. The maximum Gasteiger partial charge on any atom is 0.151 e. The Bertz CT molecular complexity index is 425. The lowest BCUT2D eigenvalue weighted by Crippen LogP contribution is -2.39. The van der Waals surface area contributed by atoms with Gasteiger partial charge in [-0.05, 0) is 35.2 Å². The van der Waals surface area contributed by atoms with Gasteiger partial charge in [0.15, 0.2) is 9.84 Å². The van der Waals surface area contributed by atoms with Gasteiger partial charge in [-0.2, -0.15) is 11.3 Å². The molecule has 1 saturated carbocycles. The summed E-state index contributed by atoms with van der Waals surface area (Å²) >= 11 is 1.67. The van der Waals surface area contributed by atoms with Crippen LogP contribution in [0.1, 0.15) is 24.8 Å². The van der Waals surface area contributed by atoms with E-state index < -0.39 is 9.84 Å². The fourth-order valence-electron chi connectivity index (χ4n) is 2.31. The van der Waals surface area contributed by atoms with Crippen molar-refractivity contribution < 1.29 is 8.42 Å². The molecule has 1 aliphatic carbocycles. The van der Waals surface area contributed by atoms with E-state index in [1.165, 1.54) is 11.8 Å². The zero-order valence-electron chi connectivity index (χ0n) is 9.35. The van der Waals surface area contributed by atoms with Crippen LogP contribution in [-0.2, 0) is 16.4 Å². The Morgan fingerprint density at radius 1 is 1.50 bits per heavy atom. The van der Waals surface area contributed by atoms with Gasteiger partial charge in [0, 0.05) is 18.8 Å². The van der Waals surface area contributed by atoms with Crippen molar-refractivity contribution in [3.8, 4) is 0 Å². The highest BCUT2D eigenvalue weighted by Gasteiger charge is 2.34. The fourth-order valence-corrected chi connectivity index (χ4v) is 4.41. The van der Waals surface area contributed by atoms with E-state index in [-0.39, 0.29) is 11.3 Å². The molecule has 0 spiro atoms. The highest BCUT2D eigenvalue weighted by atomic mass is 32.2. The Morgan fingerprint density at radius 2 is 2.31 bits per heavy atom. The van der Waals surface area contributed by atoms with Crippen molar-refractivity contribution in [2.45, 2.75) is 37.1 Å². The minimum absolute atomic E-state index is 0.134. The summed E-state index contributed by atoms with van der Waals surface area (Å²) in [4.78, 5) is 0. The van der Waals surface area contributed by atoms with E-state index in [0.29, 0.717) is 0 Å². The third-order valence-corrected chi connectivity index (χ3v) is 5.55. The average Bonchev–Trinajstić information content (AvgIpc) is 2.85. The molecule has 2 atom stereocenters. The number of sulfone groups is 1. The summed E-state index contributed by atoms with van der Waals surface area (Å²) in [6.45, 7) is 0.778. The second kappa shape index (κ2) is 4.85. The lowest BCUT2D eigenvalue weighted by molar-refractivity contribution is 0.507. The predicted octanol–water partition coefficient (Wildman–Crippen LogP) is 1.80. The van der Waals surface area contributed by atoms with Gasteiger partial charge >= 0.3 is 0 Å². The molecular formula is C11H17NO2S2. The van der Waals surface area contributed by atoms with Crippen molar-refractivity contribution in [1.82, 2.24) is 5.32 Å². The molecule has 0 aliphatic heterocycles. The van der Waals surface area contributed by atoms with Crippen LogP contribution in [0.25, 0.3) is 0 Å². The molecule has 16 heavy (non-hydrogen) atoms. The van der Waals surface area contributed by atoms with Gasteiger partial charge in [-0.25, -0.2) is 8.42 Å². The highest BCUT2D eigenvalue weighted by molar-refractivity contribution is 7.91. The van der Waals surface area contributed by atoms with Crippen LogP contribution in [0, 0.1) is 0 Å². The van der Waals surface area contributed by atoms with Gasteiger partial charge in [-0.1, -0.05) is 6.42 Å². The fraction of sp³-hybridized carbons (Fsp3) is 0.636. The van der Waals surface area contributed by atoms with Crippen LogP contribution in [-0.4, -0.2) is 26.0 Å². The van der Waals surface area contributed by atoms with Gasteiger partial charge in [0.25, 0.3) is 0 Å². The van der Waals surface area contributed by atoms with Gasteiger partial charge in [-0.15, -0.1) is 0 Å². The van der Waals surface area contributed by atoms with E-state index in [4.69, 9.17) is 0 Å². The second-order valence-corrected chi connectivity index (χ2v) is 7.46. The maximum absolute atomic E-state index is 11.6. The molecule has 0 amide bonds. The number of rotatable bonds is 4. The Labute approximate surface area is 101 Å². The molecule has 1 heterocycles. The van der Waals surface area contributed by atoms with Gasteiger partial charge in [0.2, 0.25) is 0 Å². The lowest BCUT2D eigenvalue weighted by atomic mass is 10.2. The molecule has 1 aromatic heterocycles. The minimum atomic E-state index is -2.90. The van der Waals surface area contributed by atoms with Crippen molar-refractivity contribution in [2.75, 3.05) is 6.26 Å². The molecule has 1 aliphatic rings. The molecule has 3 nitrogen and oxygen atoms in total. The Hall–Kier alpha value is -0.390. The number of nitrogens with one attached hydrogen (secondary N) is 1. The third-order valence-electron chi connectivity index (χ3n) is 3.15. The topological polar surface area (TPSA) is 46.2 Å². The predicted molar refractivity (Wildman–Crippen MR) is 67.4 cm³/mol. The van der Waals surface area contributed by atoms with E-state index in [1.807, 2.05) is 5.38 Å². The molecule has 0 bridgehead atoms. The molecule has 2 rings (SSSR count). The normalized spacial score (nSPS) is 26.1. The van der Waals surface area contributed by atoms with Gasteiger partial charge in [0.05, 0.1) is 5.25 Å². The number of hydrogen-bond donors (Lipinski definition) is 1. The number of thiophene rings is 1. The molecule has 1 fully saturated rings. The first kappa shape index (κ1) is 12.1. The van der Waals surface area contributed by atoms with Crippen LogP contribution in [0.15, 0.2) is 16.8 Å². The minimum Gasteiger partial charge on any atom is -0.309 e. The summed E-state index contributed by atoms with van der Waals surface area (Å²) in [5.74, 6) is 0. The average molecular weight is 259 g/mol. The summed E-state index contributed by atoms with van der Waals surface area (Å²) in [6.07, 6.45) is 4.14. The smallest absolute Gasteiger partial charge is 0.151 e. The van der Waals surface area contributed by atoms with Crippen molar-refractivity contribution in [1.29, 1.82) is 0 Å². The van der Waals surface area contributed by atoms with Crippen LogP contribution in [0.5, 0.6) is 0 Å². The lowest BCUT2D eigenvalue weighted by Gasteiger charge is -2.19. The largest absolute Gasteiger partial charge is 0.309 e. The van der Waals surface area contributed by atoms with Gasteiger partial charge < -0.3 is 5.32 Å². The monoisotopic (exact) mass is 259 g/mol. The quantitative estimate of drug-likeness (QED) is 0.897. The third kappa shape index (κ3) is 2.84. The van der Waals surface area contributed by atoms with Crippen LogP contribution in [0.4, 0.5) is 0 Å². The molecule has 1 aromatic rings.